The second kappa shape index (κ2) is 7.12. The largest absolute Gasteiger partial charge is 0.341 e. The fourth-order valence-corrected chi connectivity index (χ4v) is 3.34. The molecule has 0 aliphatic carbocycles. The molecule has 5 nitrogen and oxygen atoms in total. The van der Waals surface area contributed by atoms with Crippen LogP contribution in [-0.2, 0) is 0 Å². The van der Waals surface area contributed by atoms with Gasteiger partial charge in [0.05, 0.1) is 10.9 Å². The van der Waals surface area contributed by atoms with Crippen molar-refractivity contribution < 1.29 is 4.79 Å². The van der Waals surface area contributed by atoms with Gasteiger partial charge < -0.3 is 5.32 Å². The monoisotopic (exact) mass is 369 g/mol. The first-order valence-electron chi connectivity index (χ1n) is 9.00. The second-order valence-corrected chi connectivity index (χ2v) is 6.62. The molecule has 138 valence electrons. The molecule has 5 heteroatoms. The minimum absolute atomic E-state index is 0.205. The van der Waals surface area contributed by atoms with Gasteiger partial charge in [-0.25, -0.2) is 4.98 Å². The molecule has 0 spiro atoms. The van der Waals surface area contributed by atoms with E-state index in [0.717, 1.165) is 11.4 Å². The van der Waals surface area contributed by atoms with Gasteiger partial charge in [0.2, 0.25) is 0 Å². The fraction of sp³-hybridized carbons (Fsp3) is 0.0870. The van der Waals surface area contributed by atoms with Gasteiger partial charge in [0.15, 0.2) is 11.2 Å². The van der Waals surface area contributed by atoms with E-state index in [4.69, 9.17) is 0 Å². The van der Waals surface area contributed by atoms with Gasteiger partial charge in [-0.3, -0.25) is 14.2 Å². The molecule has 2 aromatic carbocycles. The molecule has 2 aromatic heterocycles. The van der Waals surface area contributed by atoms with E-state index in [9.17, 15) is 9.59 Å². The van der Waals surface area contributed by atoms with Crippen molar-refractivity contribution in [2.75, 3.05) is 5.32 Å². The summed E-state index contributed by atoms with van der Waals surface area (Å²) in [6.07, 6.45) is 0. The topological polar surface area (TPSA) is 64.0 Å². The molecular weight excluding hydrogens is 350 g/mol. The van der Waals surface area contributed by atoms with Crippen LogP contribution in [0.15, 0.2) is 77.6 Å². The first-order chi connectivity index (χ1) is 13.5. The summed E-state index contributed by atoms with van der Waals surface area (Å²) in [6.45, 7) is 3.26. The van der Waals surface area contributed by atoms with Crippen LogP contribution >= 0.6 is 0 Å². The average Bonchev–Trinajstić information content (AvgIpc) is 2.68. The van der Waals surface area contributed by atoms with Crippen LogP contribution in [0.1, 0.15) is 23.1 Å². The molecule has 4 aromatic rings. The SMILES string of the molecule is CC(=O)c1nc(C)cc2c1c(=O)cc(Nc1ccccc1)n2-c1ccccc1. The summed E-state index contributed by atoms with van der Waals surface area (Å²) in [6, 6.07) is 22.7. The first kappa shape index (κ1) is 17.7. The molecule has 28 heavy (non-hydrogen) atoms. The fourth-order valence-electron chi connectivity index (χ4n) is 3.34. The van der Waals surface area contributed by atoms with E-state index in [1.807, 2.05) is 78.2 Å². The lowest BCUT2D eigenvalue weighted by Crippen LogP contribution is -2.16. The Morgan fingerprint density at radius 3 is 2.25 bits per heavy atom. The third-order valence-electron chi connectivity index (χ3n) is 4.52. The number of carbonyl (C=O) groups is 1. The number of anilines is 2. The molecule has 0 radical (unpaired) electrons. The number of para-hydroxylation sites is 2. The normalized spacial score (nSPS) is 10.8. The van der Waals surface area contributed by atoms with Crippen molar-refractivity contribution >= 4 is 28.2 Å². The highest BCUT2D eigenvalue weighted by Crippen LogP contribution is 2.26. The van der Waals surface area contributed by atoms with Crippen molar-refractivity contribution in [3.05, 3.63) is 94.4 Å². The smallest absolute Gasteiger partial charge is 0.193 e. The van der Waals surface area contributed by atoms with Crippen molar-refractivity contribution in [2.45, 2.75) is 13.8 Å². The van der Waals surface area contributed by atoms with E-state index in [0.29, 0.717) is 22.4 Å². The predicted octanol–water partition coefficient (Wildman–Crippen LogP) is 4.64. The number of nitrogens with zero attached hydrogens (tertiary/aromatic N) is 2. The molecule has 4 rings (SSSR count). The van der Waals surface area contributed by atoms with Gasteiger partial charge in [0.1, 0.15) is 11.5 Å². The van der Waals surface area contributed by atoms with Gasteiger partial charge in [-0.05, 0) is 37.3 Å². The van der Waals surface area contributed by atoms with Crippen LogP contribution in [0.3, 0.4) is 0 Å². The van der Waals surface area contributed by atoms with Crippen LogP contribution in [0.2, 0.25) is 0 Å². The number of rotatable bonds is 4. The number of aromatic nitrogens is 2. The van der Waals surface area contributed by atoms with Gasteiger partial charge >= 0.3 is 0 Å². The number of carbonyl (C=O) groups excluding carboxylic acids is 1. The number of benzene rings is 2. The van der Waals surface area contributed by atoms with Crippen LogP contribution in [0, 0.1) is 6.92 Å². The Hall–Kier alpha value is -3.73. The molecule has 0 bridgehead atoms. The molecule has 0 unspecified atom stereocenters. The molecule has 0 aliphatic heterocycles. The van der Waals surface area contributed by atoms with Gasteiger partial charge in [-0.1, -0.05) is 36.4 Å². The van der Waals surface area contributed by atoms with Crippen molar-refractivity contribution in [3.63, 3.8) is 0 Å². The van der Waals surface area contributed by atoms with E-state index in [1.54, 1.807) is 0 Å². The maximum atomic E-state index is 13.0. The Kier molecular flexibility index (Phi) is 4.49. The van der Waals surface area contributed by atoms with Gasteiger partial charge in [0.25, 0.3) is 0 Å². The van der Waals surface area contributed by atoms with E-state index in [-0.39, 0.29) is 16.9 Å². The van der Waals surface area contributed by atoms with E-state index < -0.39 is 0 Å². The molecule has 0 fully saturated rings. The number of hydrogen-bond acceptors (Lipinski definition) is 4. The predicted molar refractivity (Wildman–Crippen MR) is 112 cm³/mol. The number of Topliss-reactive ketones (excluding diaryl/α,β-unsaturated/α-hetero) is 1. The Labute approximate surface area is 162 Å². The lowest BCUT2D eigenvalue weighted by atomic mass is 10.1. The number of fused-ring (bicyclic) bond motifs is 1. The number of pyridine rings is 2. The molecule has 1 N–H and O–H groups in total. The minimum Gasteiger partial charge on any atom is -0.341 e. The third-order valence-corrected chi connectivity index (χ3v) is 4.52. The Morgan fingerprint density at radius 1 is 0.964 bits per heavy atom. The van der Waals surface area contributed by atoms with Crippen LogP contribution < -0.4 is 10.7 Å². The van der Waals surface area contributed by atoms with Crippen LogP contribution in [0.25, 0.3) is 16.6 Å². The Balaban J connectivity index is 2.10. The summed E-state index contributed by atoms with van der Waals surface area (Å²) in [5, 5.41) is 3.66. The third kappa shape index (κ3) is 3.18. The zero-order valence-corrected chi connectivity index (χ0v) is 15.6. The van der Waals surface area contributed by atoms with Crippen LogP contribution in [-0.4, -0.2) is 15.3 Å². The van der Waals surface area contributed by atoms with Crippen molar-refractivity contribution in [2.24, 2.45) is 0 Å². The van der Waals surface area contributed by atoms with Crippen molar-refractivity contribution in [1.29, 1.82) is 0 Å². The molecule has 0 atom stereocenters. The van der Waals surface area contributed by atoms with Gasteiger partial charge in [-0.2, -0.15) is 0 Å². The molecule has 0 saturated heterocycles. The van der Waals surface area contributed by atoms with Crippen molar-refractivity contribution in [3.8, 4) is 5.69 Å². The molecule has 0 saturated carbocycles. The highest BCUT2D eigenvalue weighted by atomic mass is 16.1. The highest BCUT2D eigenvalue weighted by Gasteiger charge is 2.18. The second-order valence-electron chi connectivity index (χ2n) is 6.62. The van der Waals surface area contributed by atoms with E-state index in [1.165, 1.54) is 13.0 Å². The molecule has 0 amide bonds. The highest BCUT2D eigenvalue weighted by molar-refractivity contribution is 6.05. The molecular formula is C23H19N3O2. The lowest BCUT2D eigenvalue weighted by Gasteiger charge is -2.19. The maximum absolute atomic E-state index is 13.0. The number of ketones is 1. The lowest BCUT2D eigenvalue weighted by molar-refractivity contribution is 0.101. The number of nitrogens with one attached hydrogen (secondary N) is 1. The van der Waals surface area contributed by atoms with Crippen LogP contribution in [0.5, 0.6) is 0 Å². The first-order valence-corrected chi connectivity index (χ1v) is 9.00. The summed E-state index contributed by atoms with van der Waals surface area (Å²) in [7, 11) is 0. The standard InChI is InChI=1S/C23H19N3O2/c1-15-13-19-22(23(24-15)16(2)27)20(28)14-21(25-17-9-5-3-6-10-17)26(19)18-11-7-4-8-12-18/h3-14,25H,1-2H3. The zero-order valence-electron chi connectivity index (χ0n) is 15.6. The summed E-state index contributed by atoms with van der Waals surface area (Å²) < 4.78 is 1.95. The van der Waals surface area contributed by atoms with Gasteiger partial charge in [-0.15, -0.1) is 0 Å². The Bertz CT molecular complexity index is 1230. The van der Waals surface area contributed by atoms with Gasteiger partial charge in [0, 0.05) is 30.1 Å². The summed E-state index contributed by atoms with van der Waals surface area (Å²) in [5.74, 6) is 0.393. The van der Waals surface area contributed by atoms with E-state index in [2.05, 4.69) is 10.3 Å². The van der Waals surface area contributed by atoms with Crippen molar-refractivity contribution in [1.82, 2.24) is 9.55 Å². The van der Waals surface area contributed by atoms with Crippen LogP contribution in [0.4, 0.5) is 11.5 Å². The van der Waals surface area contributed by atoms with E-state index >= 15 is 0 Å². The summed E-state index contributed by atoms with van der Waals surface area (Å²) in [4.78, 5) is 29.5. The average molecular weight is 369 g/mol. The molecule has 0 aliphatic rings. The zero-order chi connectivity index (χ0) is 19.7. The minimum atomic E-state index is -0.238. The maximum Gasteiger partial charge on any atom is 0.193 e. The number of hydrogen-bond donors (Lipinski definition) is 1. The summed E-state index contributed by atoms with van der Waals surface area (Å²) >= 11 is 0. The quantitative estimate of drug-likeness (QED) is 0.532. The Morgan fingerprint density at radius 2 is 1.61 bits per heavy atom. The number of aryl methyl sites for hydroxylation is 1. The summed E-state index contributed by atoms with van der Waals surface area (Å²) in [5.41, 5.74) is 3.04. The molecule has 2 heterocycles.